The number of aromatic nitrogens is 2. The Labute approximate surface area is 112 Å². The fraction of sp³-hybridized carbons (Fsp3) is 0.250. The number of aryl methyl sites for hydroxylation is 1. The lowest BCUT2D eigenvalue weighted by molar-refractivity contribution is 0.596. The zero-order valence-electron chi connectivity index (χ0n) is 10.6. The van der Waals surface area contributed by atoms with Gasteiger partial charge < -0.3 is 5.73 Å². The number of anilines is 1. The van der Waals surface area contributed by atoms with Gasteiger partial charge in [-0.15, -0.1) is 0 Å². The molecule has 4 N–H and O–H groups in total. The summed E-state index contributed by atoms with van der Waals surface area (Å²) in [5.74, 6) is 0. The first kappa shape index (κ1) is 13.6. The standard InChI is InChI=1S/C12H16N4O2S/c1-2-9-3-5-11(6-4-9)16-19(17,18)12-10(7-13)8-14-15-12/h3-6,8,16H,2,7,13H2,1H3,(H,14,15). The third-order valence-electron chi connectivity index (χ3n) is 2.78. The maximum Gasteiger partial charge on any atom is 0.279 e. The molecule has 7 heteroatoms. The number of aromatic amines is 1. The maximum absolute atomic E-state index is 12.2. The highest BCUT2D eigenvalue weighted by Gasteiger charge is 2.20. The van der Waals surface area contributed by atoms with Crippen LogP contribution in [0.2, 0.25) is 0 Å². The molecule has 2 rings (SSSR count). The zero-order chi connectivity index (χ0) is 13.9. The number of hydrogen-bond acceptors (Lipinski definition) is 4. The van der Waals surface area contributed by atoms with Crippen molar-refractivity contribution in [3.63, 3.8) is 0 Å². The second kappa shape index (κ2) is 5.41. The van der Waals surface area contributed by atoms with Gasteiger partial charge in [-0.2, -0.15) is 13.5 Å². The fourth-order valence-corrected chi connectivity index (χ4v) is 2.89. The van der Waals surface area contributed by atoms with E-state index in [2.05, 4.69) is 14.9 Å². The summed E-state index contributed by atoms with van der Waals surface area (Å²) in [6, 6.07) is 7.23. The van der Waals surface area contributed by atoms with Crippen LogP contribution in [0.3, 0.4) is 0 Å². The van der Waals surface area contributed by atoms with E-state index in [9.17, 15) is 8.42 Å². The van der Waals surface area contributed by atoms with E-state index < -0.39 is 10.0 Å². The second-order valence-corrected chi connectivity index (χ2v) is 5.70. The van der Waals surface area contributed by atoms with Gasteiger partial charge in [0.25, 0.3) is 10.0 Å². The van der Waals surface area contributed by atoms with Gasteiger partial charge in [0, 0.05) is 17.8 Å². The van der Waals surface area contributed by atoms with E-state index in [0.717, 1.165) is 12.0 Å². The van der Waals surface area contributed by atoms with Crippen LogP contribution >= 0.6 is 0 Å². The molecule has 2 aromatic rings. The van der Waals surface area contributed by atoms with E-state index in [1.807, 2.05) is 19.1 Å². The fourth-order valence-electron chi connectivity index (χ4n) is 1.69. The van der Waals surface area contributed by atoms with Crippen LogP contribution in [0, 0.1) is 0 Å². The first-order valence-corrected chi connectivity index (χ1v) is 7.39. The molecule has 0 saturated heterocycles. The molecule has 1 heterocycles. The lowest BCUT2D eigenvalue weighted by Gasteiger charge is -2.08. The van der Waals surface area contributed by atoms with Crippen LogP contribution in [0.5, 0.6) is 0 Å². The van der Waals surface area contributed by atoms with Crippen LogP contribution in [-0.4, -0.2) is 18.6 Å². The predicted octanol–water partition coefficient (Wildman–Crippen LogP) is 1.23. The Morgan fingerprint density at radius 2 is 2.00 bits per heavy atom. The molecule has 0 bridgehead atoms. The molecule has 6 nitrogen and oxygen atoms in total. The third-order valence-corrected chi connectivity index (χ3v) is 4.18. The number of rotatable bonds is 5. The third kappa shape index (κ3) is 2.94. The van der Waals surface area contributed by atoms with Crippen molar-refractivity contribution < 1.29 is 8.42 Å². The topological polar surface area (TPSA) is 101 Å². The van der Waals surface area contributed by atoms with Crippen LogP contribution in [0.15, 0.2) is 35.5 Å². The predicted molar refractivity (Wildman–Crippen MR) is 73.1 cm³/mol. The minimum atomic E-state index is -3.68. The Morgan fingerprint density at radius 1 is 1.32 bits per heavy atom. The average molecular weight is 280 g/mol. The van der Waals surface area contributed by atoms with Gasteiger partial charge in [-0.1, -0.05) is 19.1 Å². The summed E-state index contributed by atoms with van der Waals surface area (Å²) < 4.78 is 26.8. The Hall–Kier alpha value is -1.86. The quantitative estimate of drug-likeness (QED) is 0.766. The number of hydrogen-bond donors (Lipinski definition) is 3. The SMILES string of the molecule is CCc1ccc(NS(=O)(=O)c2[nH]ncc2CN)cc1. The molecular formula is C12H16N4O2S. The van der Waals surface area contributed by atoms with Crippen molar-refractivity contribution in [3.05, 3.63) is 41.6 Å². The van der Waals surface area contributed by atoms with Gasteiger partial charge in [0.1, 0.15) is 0 Å². The Balaban J connectivity index is 2.26. The lowest BCUT2D eigenvalue weighted by Crippen LogP contribution is -2.16. The molecular weight excluding hydrogens is 264 g/mol. The molecule has 0 saturated carbocycles. The van der Waals surface area contributed by atoms with E-state index in [1.54, 1.807) is 12.1 Å². The van der Waals surface area contributed by atoms with Crippen LogP contribution in [0.25, 0.3) is 0 Å². The lowest BCUT2D eigenvalue weighted by atomic mass is 10.2. The van der Waals surface area contributed by atoms with Crippen molar-refractivity contribution in [1.29, 1.82) is 0 Å². The highest BCUT2D eigenvalue weighted by atomic mass is 32.2. The number of nitrogens with zero attached hydrogens (tertiary/aromatic N) is 1. The molecule has 102 valence electrons. The minimum Gasteiger partial charge on any atom is -0.326 e. The van der Waals surface area contributed by atoms with Gasteiger partial charge >= 0.3 is 0 Å². The van der Waals surface area contributed by atoms with Crippen molar-refractivity contribution in [2.45, 2.75) is 24.9 Å². The maximum atomic E-state index is 12.2. The minimum absolute atomic E-state index is 0.00886. The van der Waals surface area contributed by atoms with Crippen molar-refractivity contribution in [3.8, 4) is 0 Å². The van der Waals surface area contributed by atoms with Crippen LogP contribution in [0.4, 0.5) is 5.69 Å². The van der Waals surface area contributed by atoms with Gasteiger partial charge in [-0.05, 0) is 24.1 Å². The Bertz CT molecular complexity index is 647. The van der Waals surface area contributed by atoms with Crippen molar-refractivity contribution in [1.82, 2.24) is 10.2 Å². The molecule has 0 fully saturated rings. The molecule has 0 atom stereocenters. The molecule has 0 unspecified atom stereocenters. The van der Waals surface area contributed by atoms with Crippen LogP contribution in [-0.2, 0) is 23.0 Å². The number of sulfonamides is 1. The largest absolute Gasteiger partial charge is 0.326 e. The summed E-state index contributed by atoms with van der Waals surface area (Å²) in [4.78, 5) is 0. The van der Waals surface area contributed by atoms with Gasteiger partial charge in [-0.3, -0.25) is 9.82 Å². The number of nitrogens with one attached hydrogen (secondary N) is 2. The number of benzene rings is 1. The monoisotopic (exact) mass is 280 g/mol. The zero-order valence-corrected chi connectivity index (χ0v) is 11.4. The molecule has 0 radical (unpaired) electrons. The van der Waals surface area contributed by atoms with E-state index in [0.29, 0.717) is 11.3 Å². The first-order chi connectivity index (χ1) is 9.06. The highest BCUT2D eigenvalue weighted by molar-refractivity contribution is 7.92. The van der Waals surface area contributed by atoms with E-state index in [4.69, 9.17) is 5.73 Å². The van der Waals surface area contributed by atoms with Crippen molar-refractivity contribution in [2.75, 3.05) is 4.72 Å². The summed E-state index contributed by atoms with van der Waals surface area (Å²) in [6.07, 6.45) is 2.32. The van der Waals surface area contributed by atoms with Gasteiger partial charge in [0.05, 0.1) is 6.20 Å². The molecule has 19 heavy (non-hydrogen) atoms. The van der Waals surface area contributed by atoms with E-state index in [-0.39, 0.29) is 11.6 Å². The number of nitrogens with two attached hydrogens (primary N) is 1. The second-order valence-electron chi connectivity index (χ2n) is 4.08. The van der Waals surface area contributed by atoms with Gasteiger partial charge in [0.2, 0.25) is 0 Å². The smallest absolute Gasteiger partial charge is 0.279 e. The molecule has 1 aromatic carbocycles. The summed E-state index contributed by atoms with van der Waals surface area (Å²) in [5.41, 5.74) is 7.58. The van der Waals surface area contributed by atoms with E-state index in [1.165, 1.54) is 6.20 Å². The normalized spacial score (nSPS) is 11.5. The van der Waals surface area contributed by atoms with Crippen molar-refractivity contribution >= 4 is 15.7 Å². The molecule has 0 aliphatic rings. The molecule has 0 amide bonds. The Kier molecular flexibility index (Phi) is 3.87. The summed E-state index contributed by atoms with van der Waals surface area (Å²) in [7, 11) is -3.68. The van der Waals surface area contributed by atoms with Crippen LogP contribution < -0.4 is 10.5 Å². The molecule has 0 aliphatic heterocycles. The summed E-state index contributed by atoms with van der Waals surface area (Å²) >= 11 is 0. The van der Waals surface area contributed by atoms with Crippen LogP contribution in [0.1, 0.15) is 18.1 Å². The highest BCUT2D eigenvalue weighted by Crippen LogP contribution is 2.17. The number of H-pyrrole nitrogens is 1. The molecule has 0 spiro atoms. The summed E-state index contributed by atoms with van der Waals surface area (Å²) in [6.45, 7) is 2.15. The summed E-state index contributed by atoms with van der Waals surface area (Å²) in [5, 5.41) is 6.17. The van der Waals surface area contributed by atoms with Gasteiger partial charge in [0.15, 0.2) is 5.03 Å². The van der Waals surface area contributed by atoms with Crippen molar-refractivity contribution in [2.24, 2.45) is 5.73 Å². The average Bonchev–Trinajstić information content (AvgIpc) is 2.88. The first-order valence-electron chi connectivity index (χ1n) is 5.91. The van der Waals surface area contributed by atoms with E-state index >= 15 is 0 Å². The Morgan fingerprint density at radius 3 is 2.58 bits per heavy atom. The molecule has 0 aliphatic carbocycles. The van der Waals surface area contributed by atoms with Gasteiger partial charge in [-0.25, -0.2) is 0 Å². The molecule has 1 aromatic heterocycles.